The Labute approximate surface area is 134 Å². The lowest BCUT2D eigenvalue weighted by atomic mass is 9.47. The molecule has 2 aliphatic heterocycles. The second-order valence-corrected chi connectivity index (χ2v) is 7.88. The van der Waals surface area contributed by atoms with Crippen molar-refractivity contribution >= 4 is 5.97 Å². The van der Waals surface area contributed by atoms with E-state index in [1.165, 1.54) is 0 Å². The Bertz CT molecular complexity index is 829. The summed E-state index contributed by atoms with van der Waals surface area (Å²) in [6.45, 7) is 4.01. The maximum Gasteiger partial charge on any atom is 0.315 e. The lowest BCUT2D eigenvalue weighted by Gasteiger charge is -2.62. The largest absolute Gasteiger partial charge is 0.461 e. The molecular formula is C19H20O4. The highest BCUT2D eigenvalue weighted by Gasteiger charge is 2.75. The normalized spacial score (nSPS) is 42.4. The molecule has 0 amide bonds. The highest BCUT2D eigenvalue weighted by molar-refractivity contribution is 5.83. The summed E-state index contributed by atoms with van der Waals surface area (Å²) in [5, 5.41) is 11.9. The molecule has 1 aromatic carbocycles. The molecule has 23 heavy (non-hydrogen) atoms. The van der Waals surface area contributed by atoms with E-state index in [1.807, 2.05) is 6.92 Å². The van der Waals surface area contributed by atoms with E-state index in [2.05, 4.69) is 6.92 Å². The Balaban J connectivity index is 1.92. The first-order valence-electron chi connectivity index (χ1n) is 8.50. The van der Waals surface area contributed by atoms with E-state index in [0.29, 0.717) is 19.3 Å². The van der Waals surface area contributed by atoms with E-state index in [4.69, 9.17) is 4.74 Å². The number of aryl methyl sites for hydroxylation is 2. The third kappa shape index (κ3) is 1.27. The first-order valence-corrected chi connectivity index (χ1v) is 8.50. The van der Waals surface area contributed by atoms with E-state index >= 15 is 0 Å². The zero-order valence-electron chi connectivity index (χ0n) is 13.4. The number of rotatable bonds is 0. The summed E-state index contributed by atoms with van der Waals surface area (Å²) in [7, 11) is 0. The molecule has 0 radical (unpaired) electrons. The number of aliphatic hydroxyl groups is 1. The lowest BCUT2D eigenvalue weighted by Crippen LogP contribution is -2.70. The summed E-state index contributed by atoms with van der Waals surface area (Å²) in [4.78, 5) is 24.9. The van der Waals surface area contributed by atoms with Crippen molar-refractivity contribution in [2.75, 3.05) is 0 Å². The van der Waals surface area contributed by atoms with Gasteiger partial charge in [0.05, 0.1) is 0 Å². The van der Waals surface area contributed by atoms with Gasteiger partial charge >= 0.3 is 5.97 Å². The second kappa shape index (κ2) is 3.86. The van der Waals surface area contributed by atoms with Crippen LogP contribution in [0.15, 0.2) is 16.9 Å². The van der Waals surface area contributed by atoms with Gasteiger partial charge in [-0.05, 0) is 72.9 Å². The van der Waals surface area contributed by atoms with Crippen molar-refractivity contribution in [3.8, 4) is 0 Å². The number of esters is 1. The van der Waals surface area contributed by atoms with Crippen LogP contribution in [0.5, 0.6) is 0 Å². The predicted molar refractivity (Wildman–Crippen MR) is 83.0 cm³/mol. The Morgan fingerprint density at radius 1 is 1.30 bits per heavy atom. The first kappa shape index (κ1) is 13.7. The van der Waals surface area contributed by atoms with E-state index < -0.39 is 11.0 Å². The standard InChI is InChI=1S/C19H20O4/c1-9-5-12(20)7-11-3-4-18-10(2)6-15(23-17(18)21)14-8-13(9)16(11)19(14,18)22/h5,7,10,14-15,22H,3-4,6,8H2,1-2H3/t10-,14-,15+,18?,19-/m1/s1. The van der Waals surface area contributed by atoms with Crippen molar-refractivity contribution in [1.29, 1.82) is 0 Å². The third-order valence-electron chi connectivity index (χ3n) is 7.08. The second-order valence-electron chi connectivity index (χ2n) is 7.88. The summed E-state index contributed by atoms with van der Waals surface area (Å²) in [5.41, 5.74) is 1.78. The van der Waals surface area contributed by atoms with Crippen LogP contribution in [-0.4, -0.2) is 17.2 Å². The average Bonchev–Trinajstić information content (AvgIpc) is 2.73. The van der Waals surface area contributed by atoms with Gasteiger partial charge in [0.1, 0.15) is 17.1 Å². The van der Waals surface area contributed by atoms with Gasteiger partial charge < -0.3 is 9.84 Å². The minimum atomic E-state index is -1.16. The van der Waals surface area contributed by atoms with Crippen LogP contribution in [0.3, 0.4) is 0 Å². The minimum Gasteiger partial charge on any atom is -0.461 e. The quantitative estimate of drug-likeness (QED) is 0.739. The maximum atomic E-state index is 12.8. The summed E-state index contributed by atoms with van der Waals surface area (Å²) < 4.78 is 5.72. The van der Waals surface area contributed by atoms with E-state index in [9.17, 15) is 14.7 Å². The summed E-state index contributed by atoms with van der Waals surface area (Å²) >= 11 is 0. The van der Waals surface area contributed by atoms with Crippen molar-refractivity contribution in [1.82, 2.24) is 0 Å². The fraction of sp³-hybridized carbons (Fsp3) is 0.579. The van der Waals surface area contributed by atoms with Crippen LogP contribution in [0.4, 0.5) is 0 Å². The first-order chi connectivity index (χ1) is 10.9. The molecule has 6 rings (SSSR count). The molecule has 120 valence electrons. The van der Waals surface area contributed by atoms with E-state index in [0.717, 1.165) is 28.7 Å². The van der Waals surface area contributed by atoms with Gasteiger partial charge in [0.2, 0.25) is 0 Å². The molecule has 2 saturated heterocycles. The molecule has 1 unspecified atom stereocenters. The van der Waals surface area contributed by atoms with Crippen molar-refractivity contribution in [3.05, 3.63) is 44.6 Å². The van der Waals surface area contributed by atoms with Crippen LogP contribution in [-0.2, 0) is 28.0 Å². The fourth-order valence-corrected chi connectivity index (χ4v) is 6.11. The number of hydrogen-bond acceptors (Lipinski definition) is 4. The molecule has 3 fully saturated rings. The molecular weight excluding hydrogens is 292 g/mol. The van der Waals surface area contributed by atoms with Gasteiger partial charge in [-0.2, -0.15) is 0 Å². The molecule has 5 aliphatic rings. The van der Waals surface area contributed by atoms with Gasteiger partial charge in [0.15, 0.2) is 5.43 Å². The van der Waals surface area contributed by atoms with Crippen LogP contribution in [0.25, 0.3) is 0 Å². The minimum absolute atomic E-state index is 0.0143. The molecule has 1 N–H and O–H groups in total. The van der Waals surface area contributed by atoms with Gasteiger partial charge in [0, 0.05) is 5.92 Å². The highest BCUT2D eigenvalue weighted by atomic mass is 16.6. The number of fused-ring (bicyclic) bond motifs is 2. The van der Waals surface area contributed by atoms with Crippen LogP contribution in [0.1, 0.15) is 42.0 Å². The SMILES string of the molecule is Cc1cc(=O)cc2c3c1C[C@@H]1[C@@H]4C[C@@H](C)C(CC2)(C(=O)O4)[C@]31O. The Morgan fingerprint density at radius 3 is 2.83 bits per heavy atom. The summed E-state index contributed by atoms with van der Waals surface area (Å²) in [6, 6.07) is 3.33. The monoisotopic (exact) mass is 312 g/mol. The Hall–Kier alpha value is -1.68. The molecule has 4 nitrogen and oxygen atoms in total. The highest BCUT2D eigenvalue weighted by Crippen LogP contribution is 2.68. The zero-order valence-corrected chi connectivity index (χ0v) is 13.4. The fourth-order valence-electron chi connectivity index (χ4n) is 6.11. The van der Waals surface area contributed by atoms with Crippen LogP contribution >= 0.6 is 0 Å². The summed E-state index contributed by atoms with van der Waals surface area (Å²) in [5.74, 6) is -0.196. The molecule has 3 aliphatic carbocycles. The van der Waals surface area contributed by atoms with Gasteiger partial charge in [-0.3, -0.25) is 9.59 Å². The van der Waals surface area contributed by atoms with Gasteiger partial charge in [-0.25, -0.2) is 0 Å². The lowest BCUT2D eigenvalue weighted by molar-refractivity contribution is -0.274. The molecule has 1 saturated carbocycles. The molecule has 2 bridgehead atoms. The van der Waals surface area contributed by atoms with Crippen LogP contribution in [0, 0.1) is 24.2 Å². The molecule has 1 spiro atoms. The molecule has 4 heteroatoms. The van der Waals surface area contributed by atoms with Gasteiger partial charge in [0.25, 0.3) is 0 Å². The molecule has 5 atom stereocenters. The van der Waals surface area contributed by atoms with Crippen molar-refractivity contribution in [2.24, 2.45) is 17.3 Å². The maximum absolute atomic E-state index is 12.8. The van der Waals surface area contributed by atoms with Crippen LogP contribution in [0.2, 0.25) is 0 Å². The molecule has 0 aromatic heterocycles. The van der Waals surface area contributed by atoms with Crippen molar-refractivity contribution in [2.45, 2.75) is 51.2 Å². The number of ether oxygens (including phenoxy) is 1. The average molecular weight is 312 g/mol. The van der Waals surface area contributed by atoms with E-state index in [-0.39, 0.29) is 29.3 Å². The topological polar surface area (TPSA) is 63.6 Å². The zero-order chi connectivity index (χ0) is 16.1. The van der Waals surface area contributed by atoms with Crippen molar-refractivity contribution in [3.63, 3.8) is 0 Å². The predicted octanol–water partition coefficient (Wildman–Crippen LogP) is 1.61. The third-order valence-corrected chi connectivity index (χ3v) is 7.08. The molecule has 1 aromatic rings. The number of carbonyl (C=O) groups is 1. The summed E-state index contributed by atoms with van der Waals surface area (Å²) in [6.07, 6.45) is 2.55. The van der Waals surface area contributed by atoms with Crippen LogP contribution < -0.4 is 5.43 Å². The molecule has 2 heterocycles. The van der Waals surface area contributed by atoms with E-state index in [1.54, 1.807) is 12.1 Å². The van der Waals surface area contributed by atoms with Gasteiger partial charge in [-0.15, -0.1) is 0 Å². The van der Waals surface area contributed by atoms with Gasteiger partial charge in [-0.1, -0.05) is 6.92 Å². The number of carbonyl (C=O) groups excluding carboxylic acids is 1. The Kier molecular flexibility index (Phi) is 2.31. The smallest absolute Gasteiger partial charge is 0.315 e. The van der Waals surface area contributed by atoms with Crippen molar-refractivity contribution < 1.29 is 14.6 Å². The number of hydrogen-bond donors (Lipinski definition) is 1. The Morgan fingerprint density at radius 2 is 2.09 bits per heavy atom.